The summed E-state index contributed by atoms with van der Waals surface area (Å²) in [5.74, 6) is 0.402. The van der Waals surface area contributed by atoms with Gasteiger partial charge in [-0.2, -0.15) is 0 Å². The molecule has 42 heavy (non-hydrogen) atoms. The topological polar surface area (TPSA) is 88.7 Å². The molecule has 0 aliphatic rings. The molecule has 8 heteroatoms. The molecular weight excluding hydrogens is 526 g/mol. The van der Waals surface area contributed by atoms with E-state index in [2.05, 4.69) is 42.9 Å². The van der Waals surface area contributed by atoms with Crippen molar-refractivity contribution in [2.45, 2.75) is 40.7 Å². The lowest BCUT2D eigenvalue weighted by atomic mass is 10.0. The van der Waals surface area contributed by atoms with E-state index in [1.54, 1.807) is 30.7 Å². The number of Topliss-reactive ketones (excluding diaryl/α,β-unsaturated/α-hetero) is 1. The van der Waals surface area contributed by atoms with E-state index in [-0.39, 0.29) is 30.2 Å². The second kappa shape index (κ2) is 12.4. The third-order valence-corrected chi connectivity index (χ3v) is 7.15. The first-order valence-electron chi connectivity index (χ1n) is 14.4. The zero-order valence-corrected chi connectivity index (χ0v) is 24.6. The van der Waals surface area contributed by atoms with Crippen LogP contribution in [0.5, 0.6) is 0 Å². The number of benzene rings is 3. The van der Waals surface area contributed by atoms with Crippen LogP contribution in [-0.4, -0.2) is 38.7 Å². The Morgan fingerprint density at radius 2 is 1.60 bits per heavy atom. The van der Waals surface area contributed by atoms with Crippen molar-refractivity contribution in [1.82, 2.24) is 14.0 Å². The quantitative estimate of drug-likeness (QED) is 0.204. The smallest absolute Gasteiger partial charge is 0.262 e. The van der Waals surface area contributed by atoms with Gasteiger partial charge < -0.3 is 10.2 Å². The van der Waals surface area contributed by atoms with Gasteiger partial charge in [0.25, 0.3) is 5.56 Å². The molecule has 0 saturated heterocycles. The molecule has 0 fully saturated rings. The van der Waals surface area contributed by atoms with Crippen LogP contribution in [0.2, 0.25) is 0 Å². The van der Waals surface area contributed by atoms with Crippen molar-refractivity contribution in [2.24, 2.45) is 11.8 Å². The maximum Gasteiger partial charge on any atom is 0.262 e. The molecule has 0 radical (unpaired) electrons. The first-order valence-corrected chi connectivity index (χ1v) is 14.4. The Kier molecular flexibility index (Phi) is 8.52. The molecule has 3 aromatic carbocycles. The molecule has 2 heterocycles. The van der Waals surface area contributed by atoms with E-state index in [0.717, 1.165) is 29.9 Å². The Morgan fingerprint density at radius 3 is 2.31 bits per heavy atom. The summed E-state index contributed by atoms with van der Waals surface area (Å²) < 4.78 is 3.28. The van der Waals surface area contributed by atoms with Gasteiger partial charge in [-0.25, -0.2) is 4.98 Å². The standard InChI is InChI=1S/C34H37N5O3/c1-23(2)19-37(20-24(3)4)30-15-14-26(17-28(30)36-32(41)16-25-10-6-5-7-11-25)31(40)21-38-33-18-35-22-39(33)29-13-9-8-12-27(29)34(38)42/h5-15,17-18,22-24H,16,19-21H2,1-4H3,(H,36,41). The van der Waals surface area contributed by atoms with Crippen LogP contribution < -0.4 is 15.8 Å². The van der Waals surface area contributed by atoms with Crippen LogP contribution in [0.15, 0.2) is 90.1 Å². The van der Waals surface area contributed by atoms with Crippen molar-refractivity contribution < 1.29 is 9.59 Å². The molecule has 0 aliphatic heterocycles. The highest BCUT2D eigenvalue weighted by molar-refractivity contribution is 6.01. The van der Waals surface area contributed by atoms with Crippen molar-refractivity contribution in [1.29, 1.82) is 0 Å². The number of nitrogens with zero attached hydrogens (tertiary/aromatic N) is 4. The van der Waals surface area contributed by atoms with Crippen molar-refractivity contribution in [3.63, 3.8) is 0 Å². The molecule has 0 unspecified atom stereocenters. The lowest BCUT2D eigenvalue weighted by Gasteiger charge is -2.30. The number of para-hydroxylation sites is 1. The molecule has 8 nitrogen and oxygen atoms in total. The zero-order valence-electron chi connectivity index (χ0n) is 24.6. The van der Waals surface area contributed by atoms with Gasteiger partial charge in [0, 0.05) is 18.7 Å². The lowest BCUT2D eigenvalue weighted by molar-refractivity contribution is -0.115. The maximum absolute atomic E-state index is 13.7. The first kappa shape index (κ1) is 28.8. The number of carbonyl (C=O) groups excluding carboxylic acids is 2. The van der Waals surface area contributed by atoms with Crippen molar-refractivity contribution >= 4 is 39.6 Å². The molecule has 1 amide bonds. The van der Waals surface area contributed by atoms with Crippen molar-refractivity contribution in [3.8, 4) is 0 Å². The predicted molar refractivity (Wildman–Crippen MR) is 168 cm³/mol. The summed E-state index contributed by atoms with van der Waals surface area (Å²) in [7, 11) is 0. The van der Waals surface area contributed by atoms with Crippen LogP contribution in [-0.2, 0) is 17.8 Å². The SMILES string of the molecule is CC(C)CN(CC(C)C)c1ccc(C(=O)Cn2c(=O)c3ccccc3n3cncc23)cc1NC(=O)Cc1ccccc1. The first-order chi connectivity index (χ1) is 20.2. The second-order valence-corrected chi connectivity index (χ2v) is 11.6. The minimum atomic E-state index is -0.250. The largest absolute Gasteiger partial charge is 0.369 e. The van der Waals surface area contributed by atoms with Gasteiger partial charge in [0.05, 0.1) is 41.4 Å². The van der Waals surface area contributed by atoms with E-state index in [0.29, 0.717) is 34.1 Å². The Labute approximate surface area is 245 Å². The van der Waals surface area contributed by atoms with Gasteiger partial charge in [-0.15, -0.1) is 0 Å². The van der Waals surface area contributed by atoms with Gasteiger partial charge >= 0.3 is 0 Å². The maximum atomic E-state index is 13.7. The van der Waals surface area contributed by atoms with Gasteiger partial charge in [-0.05, 0) is 47.7 Å². The van der Waals surface area contributed by atoms with Crippen LogP contribution >= 0.6 is 0 Å². The number of hydrogen-bond acceptors (Lipinski definition) is 5. The molecule has 2 aromatic heterocycles. The fourth-order valence-corrected chi connectivity index (χ4v) is 5.39. The fraction of sp³-hybridized carbons (Fsp3) is 0.294. The highest BCUT2D eigenvalue weighted by Crippen LogP contribution is 2.30. The van der Waals surface area contributed by atoms with Crippen LogP contribution in [0.4, 0.5) is 11.4 Å². The van der Waals surface area contributed by atoms with Gasteiger partial charge in [0.2, 0.25) is 5.91 Å². The minimum Gasteiger partial charge on any atom is -0.369 e. The van der Waals surface area contributed by atoms with E-state index < -0.39 is 0 Å². The number of rotatable bonds is 11. The Bertz CT molecular complexity index is 1780. The zero-order chi connectivity index (χ0) is 29.8. The number of imidazole rings is 1. The summed E-state index contributed by atoms with van der Waals surface area (Å²) in [6.07, 6.45) is 3.46. The highest BCUT2D eigenvalue weighted by atomic mass is 16.2. The second-order valence-electron chi connectivity index (χ2n) is 11.6. The number of carbonyl (C=O) groups is 2. The Morgan fingerprint density at radius 1 is 0.905 bits per heavy atom. The number of ketones is 1. The molecule has 5 aromatic rings. The average molecular weight is 564 g/mol. The summed E-state index contributed by atoms with van der Waals surface area (Å²) in [5.41, 5.74) is 3.81. The molecule has 0 saturated carbocycles. The van der Waals surface area contributed by atoms with Crippen molar-refractivity contribution in [2.75, 3.05) is 23.3 Å². The van der Waals surface area contributed by atoms with Crippen LogP contribution in [0.1, 0.15) is 43.6 Å². The van der Waals surface area contributed by atoms with Gasteiger partial charge in [0.1, 0.15) is 12.0 Å². The Balaban J connectivity index is 1.51. The van der Waals surface area contributed by atoms with E-state index in [9.17, 15) is 14.4 Å². The minimum absolute atomic E-state index is 0.155. The number of aromatic nitrogens is 3. The molecular formula is C34H37N5O3. The summed E-state index contributed by atoms with van der Waals surface area (Å²) in [6.45, 7) is 10.1. The fourth-order valence-electron chi connectivity index (χ4n) is 5.39. The number of hydrogen-bond donors (Lipinski definition) is 1. The average Bonchev–Trinajstić information content (AvgIpc) is 3.45. The van der Waals surface area contributed by atoms with Crippen LogP contribution in [0.3, 0.4) is 0 Å². The number of amides is 1. The van der Waals surface area contributed by atoms with E-state index in [1.165, 1.54) is 4.57 Å². The molecule has 0 aliphatic carbocycles. The molecule has 0 atom stereocenters. The normalized spacial score (nSPS) is 11.5. The Hall–Kier alpha value is -4.72. The third-order valence-electron chi connectivity index (χ3n) is 7.15. The number of fused-ring (bicyclic) bond motifs is 3. The predicted octanol–water partition coefficient (Wildman–Crippen LogP) is 5.83. The lowest BCUT2D eigenvalue weighted by Crippen LogP contribution is -2.32. The molecule has 1 N–H and O–H groups in total. The van der Waals surface area contributed by atoms with Crippen LogP contribution in [0, 0.1) is 11.8 Å². The molecule has 5 rings (SSSR count). The van der Waals surface area contributed by atoms with E-state index in [4.69, 9.17) is 0 Å². The van der Waals surface area contributed by atoms with Gasteiger partial charge in [0.15, 0.2) is 5.78 Å². The summed E-state index contributed by atoms with van der Waals surface area (Å²) in [6, 6.07) is 22.3. The third kappa shape index (κ3) is 6.28. The summed E-state index contributed by atoms with van der Waals surface area (Å²) >= 11 is 0. The summed E-state index contributed by atoms with van der Waals surface area (Å²) in [5, 5.41) is 3.60. The molecule has 216 valence electrons. The van der Waals surface area contributed by atoms with Crippen LogP contribution in [0.25, 0.3) is 16.6 Å². The van der Waals surface area contributed by atoms with Crippen molar-refractivity contribution in [3.05, 3.63) is 107 Å². The van der Waals surface area contributed by atoms with Gasteiger partial charge in [-0.3, -0.25) is 23.4 Å². The molecule has 0 spiro atoms. The number of anilines is 2. The monoisotopic (exact) mass is 563 g/mol. The van der Waals surface area contributed by atoms with E-state index in [1.807, 2.05) is 59.0 Å². The highest BCUT2D eigenvalue weighted by Gasteiger charge is 2.20. The molecule has 0 bridgehead atoms. The number of nitrogens with one attached hydrogen (secondary N) is 1. The van der Waals surface area contributed by atoms with E-state index >= 15 is 0 Å². The van der Waals surface area contributed by atoms with Gasteiger partial charge in [-0.1, -0.05) is 70.2 Å². The summed E-state index contributed by atoms with van der Waals surface area (Å²) in [4.78, 5) is 46.9.